The van der Waals surface area contributed by atoms with Crippen molar-refractivity contribution in [1.82, 2.24) is 0 Å². The molecule has 0 spiro atoms. The van der Waals surface area contributed by atoms with Crippen molar-refractivity contribution in [3.63, 3.8) is 0 Å². The van der Waals surface area contributed by atoms with Crippen LogP contribution in [0.4, 0.5) is 11.4 Å². The largest absolute Gasteiger partial charge is 0.326 e. The topological polar surface area (TPSA) is 55.2 Å². The summed E-state index contributed by atoms with van der Waals surface area (Å²) in [5.74, 6) is 2.66. The van der Waals surface area contributed by atoms with E-state index >= 15 is 0 Å². The zero-order valence-corrected chi connectivity index (χ0v) is 17.4. The number of nitro benzene ring substituents is 1. The second kappa shape index (κ2) is 7.78. The van der Waals surface area contributed by atoms with E-state index in [1.165, 1.54) is 55.7 Å². The number of hydrogen-bond acceptors (Lipinski definition) is 4. The summed E-state index contributed by atoms with van der Waals surface area (Å²) in [5.41, 5.74) is 2.88. The quantitative estimate of drug-likeness (QED) is 0.342. The molecule has 4 nitrogen and oxygen atoms in total. The number of anilines is 1. The molecule has 0 aromatic heterocycles. The molecule has 1 N–H and O–H groups in total. The Morgan fingerprint density at radius 3 is 2.39 bits per heavy atom. The van der Waals surface area contributed by atoms with Crippen LogP contribution in [0.2, 0.25) is 0 Å². The Morgan fingerprint density at radius 1 is 1.07 bits per heavy atom. The Morgan fingerprint density at radius 2 is 1.75 bits per heavy atom. The summed E-state index contributed by atoms with van der Waals surface area (Å²) in [6, 6.07) is 15.5. The molecule has 2 aromatic rings. The average molecular weight is 397 g/mol. The van der Waals surface area contributed by atoms with E-state index in [1.54, 1.807) is 12.1 Å². The van der Waals surface area contributed by atoms with E-state index in [0.717, 1.165) is 28.3 Å². The fourth-order valence-corrected chi connectivity index (χ4v) is 6.24. The van der Waals surface area contributed by atoms with Crippen LogP contribution in [-0.4, -0.2) is 4.92 Å². The molecule has 148 valence electrons. The van der Waals surface area contributed by atoms with Gasteiger partial charge in [0.1, 0.15) is 0 Å². The molecule has 0 heterocycles. The third-order valence-electron chi connectivity index (χ3n) is 6.51. The van der Waals surface area contributed by atoms with E-state index in [0.29, 0.717) is 5.41 Å². The third kappa shape index (κ3) is 4.19. The van der Waals surface area contributed by atoms with Gasteiger partial charge in [-0.15, -0.1) is 0 Å². The van der Waals surface area contributed by atoms with Crippen LogP contribution in [0.25, 0.3) is 0 Å². The smallest absolute Gasteiger partial charge is 0.270 e. The van der Waals surface area contributed by atoms with Crippen molar-refractivity contribution in [3.8, 4) is 0 Å². The van der Waals surface area contributed by atoms with E-state index in [4.69, 9.17) is 0 Å². The molecule has 2 saturated carbocycles. The lowest BCUT2D eigenvalue weighted by atomic mass is 9.57. The number of nitrogens with one attached hydrogen (secondary N) is 1. The zero-order chi connectivity index (χ0) is 19.7. The summed E-state index contributed by atoms with van der Waals surface area (Å²) in [7, 11) is 0. The van der Waals surface area contributed by atoms with Crippen molar-refractivity contribution < 1.29 is 4.92 Å². The second-order valence-corrected chi connectivity index (χ2v) is 9.93. The van der Waals surface area contributed by atoms with Crippen LogP contribution in [0.3, 0.4) is 0 Å². The highest BCUT2D eigenvalue weighted by atomic mass is 32.2. The molecule has 28 heavy (non-hydrogen) atoms. The molecule has 0 aliphatic heterocycles. The van der Waals surface area contributed by atoms with Gasteiger partial charge in [-0.2, -0.15) is 0 Å². The highest BCUT2D eigenvalue weighted by molar-refractivity contribution is 8.00. The zero-order valence-electron chi connectivity index (χ0n) is 16.6. The van der Waals surface area contributed by atoms with Gasteiger partial charge in [0.05, 0.1) is 4.92 Å². The van der Waals surface area contributed by atoms with Gasteiger partial charge in [0, 0.05) is 22.7 Å². The van der Waals surface area contributed by atoms with Crippen LogP contribution >= 0.6 is 11.9 Å². The Labute approximate surface area is 171 Å². The van der Waals surface area contributed by atoms with E-state index in [9.17, 15) is 10.1 Å². The molecule has 0 amide bonds. The summed E-state index contributed by atoms with van der Waals surface area (Å²) in [6.07, 6.45) is 6.84. The monoisotopic (exact) mass is 396 g/mol. The van der Waals surface area contributed by atoms with Crippen molar-refractivity contribution >= 4 is 23.3 Å². The first-order valence-electron chi connectivity index (χ1n) is 10.2. The molecule has 0 radical (unpaired) electrons. The molecule has 2 bridgehead atoms. The van der Waals surface area contributed by atoms with Gasteiger partial charge in [0.15, 0.2) is 0 Å². The highest BCUT2D eigenvalue weighted by Gasteiger charge is 2.41. The van der Waals surface area contributed by atoms with Crippen LogP contribution in [0.5, 0.6) is 0 Å². The Bertz CT molecular complexity index is 834. The van der Waals surface area contributed by atoms with Gasteiger partial charge in [-0.3, -0.25) is 10.1 Å². The van der Waals surface area contributed by atoms with E-state index in [1.807, 2.05) is 6.07 Å². The number of rotatable bonds is 5. The van der Waals surface area contributed by atoms with Gasteiger partial charge in [-0.1, -0.05) is 32.0 Å². The van der Waals surface area contributed by atoms with Gasteiger partial charge in [0.2, 0.25) is 0 Å². The molecule has 2 fully saturated rings. The van der Waals surface area contributed by atoms with Crippen molar-refractivity contribution in [3.05, 3.63) is 64.2 Å². The lowest BCUT2D eigenvalue weighted by Gasteiger charge is -2.47. The highest BCUT2D eigenvalue weighted by Crippen LogP contribution is 2.51. The molecule has 2 aromatic carbocycles. The molecule has 2 unspecified atom stereocenters. The fourth-order valence-electron chi connectivity index (χ4n) is 5.54. The van der Waals surface area contributed by atoms with Gasteiger partial charge in [0.25, 0.3) is 5.69 Å². The maximum absolute atomic E-state index is 10.9. The minimum absolute atomic E-state index is 0.118. The lowest BCUT2D eigenvalue weighted by Crippen LogP contribution is -2.38. The number of nitrogens with zero attached hydrogens (tertiary/aromatic N) is 1. The molecule has 2 aliphatic carbocycles. The lowest BCUT2D eigenvalue weighted by molar-refractivity contribution is -0.385. The van der Waals surface area contributed by atoms with E-state index in [2.05, 4.69) is 42.8 Å². The summed E-state index contributed by atoms with van der Waals surface area (Å²) < 4.78 is 3.31. The Balaban J connectivity index is 1.41. The van der Waals surface area contributed by atoms with E-state index < -0.39 is 0 Å². The maximum Gasteiger partial charge on any atom is 0.270 e. The minimum Gasteiger partial charge on any atom is -0.326 e. The van der Waals surface area contributed by atoms with Crippen molar-refractivity contribution in [2.75, 3.05) is 4.72 Å². The van der Waals surface area contributed by atoms with Gasteiger partial charge < -0.3 is 4.72 Å². The van der Waals surface area contributed by atoms with Gasteiger partial charge in [-0.25, -0.2) is 0 Å². The molecule has 4 rings (SSSR count). The van der Waals surface area contributed by atoms with Gasteiger partial charge in [-0.05, 0) is 91.0 Å². The first-order chi connectivity index (χ1) is 13.4. The normalized spacial score (nSPS) is 29.3. The Hall–Kier alpha value is -2.01. The van der Waals surface area contributed by atoms with Gasteiger partial charge >= 0.3 is 0 Å². The van der Waals surface area contributed by atoms with Crippen molar-refractivity contribution in [2.24, 2.45) is 17.8 Å². The van der Waals surface area contributed by atoms with Crippen molar-refractivity contribution in [2.45, 2.75) is 56.3 Å². The van der Waals surface area contributed by atoms with Crippen molar-refractivity contribution in [1.29, 1.82) is 0 Å². The molecule has 0 saturated heterocycles. The van der Waals surface area contributed by atoms with Crippen LogP contribution in [0, 0.1) is 27.9 Å². The SMILES string of the molecule is CC1CC2CC(C1)CC(C)(c1ccc(NSc3cccc([N+](=O)[O-])c3)cc1)C2. The molecular formula is C23H28N2O2S. The van der Waals surface area contributed by atoms with Crippen LogP contribution in [0.15, 0.2) is 53.4 Å². The summed E-state index contributed by atoms with van der Waals surface area (Å²) in [5, 5.41) is 10.9. The first kappa shape index (κ1) is 19.3. The predicted octanol–water partition coefficient (Wildman–Crippen LogP) is 6.82. The minimum atomic E-state index is -0.361. The first-order valence-corrected chi connectivity index (χ1v) is 11.0. The third-order valence-corrected chi connectivity index (χ3v) is 7.34. The molecule has 2 atom stereocenters. The fraction of sp³-hybridized carbons (Fsp3) is 0.478. The summed E-state index contributed by atoms with van der Waals surface area (Å²) in [4.78, 5) is 11.4. The van der Waals surface area contributed by atoms with E-state index in [-0.39, 0.29) is 10.6 Å². The molecular weight excluding hydrogens is 368 g/mol. The number of nitro groups is 1. The molecule has 5 heteroatoms. The van der Waals surface area contributed by atoms with Crippen LogP contribution in [-0.2, 0) is 5.41 Å². The number of fused-ring (bicyclic) bond motifs is 2. The second-order valence-electron chi connectivity index (χ2n) is 9.05. The Kier molecular flexibility index (Phi) is 5.37. The average Bonchev–Trinajstić information content (AvgIpc) is 2.66. The number of benzene rings is 2. The predicted molar refractivity (Wildman–Crippen MR) is 116 cm³/mol. The van der Waals surface area contributed by atoms with Crippen LogP contribution < -0.4 is 4.72 Å². The number of hydrogen-bond donors (Lipinski definition) is 1. The number of non-ortho nitro benzene ring substituents is 1. The summed E-state index contributed by atoms with van der Waals surface area (Å²) >= 11 is 1.40. The molecule has 2 aliphatic rings. The maximum atomic E-state index is 10.9. The standard InChI is InChI=1S/C23H28N2O2S/c1-16-10-17-12-18(11-16)15-23(2,14-17)19-6-8-20(9-7-19)24-28-22-5-3-4-21(13-22)25(26)27/h3-9,13,16-18,24H,10-12,14-15H2,1-2H3. The summed E-state index contributed by atoms with van der Waals surface area (Å²) in [6.45, 7) is 4.86. The van der Waals surface area contributed by atoms with Crippen LogP contribution in [0.1, 0.15) is 51.5 Å².